The Morgan fingerprint density at radius 2 is 1.85 bits per heavy atom. The van der Waals surface area contributed by atoms with Crippen molar-refractivity contribution in [3.05, 3.63) is 59.2 Å². The average Bonchev–Trinajstić information content (AvgIpc) is 3.06. The molecule has 0 radical (unpaired) electrons. The lowest BCUT2D eigenvalue weighted by Crippen LogP contribution is -2.22. The summed E-state index contributed by atoms with van der Waals surface area (Å²) in [6, 6.07) is 13.8. The number of aromatic nitrogens is 2. The quantitative estimate of drug-likeness (QED) is 0.657. The Kier molecular flexibility index (Phi) is 5.42. The Balaban J connectivity index is 1.67. The van der Waals surface area contributed by atoms with Gasteiger partial charge in [0.2, 0.25) is 11.8 Å². The number of nitrogens with zero attached hydrogens (tertiary/aromatic N) is 2. The molecular formula is C20H21N3O2S. The van der Waals surface area contributed by atoms with E-state index in [9.17, 15) is 4.79 Å². The monoisotopic (exact) mass is 367 g/mol. The van der Waals surface area contributed by atoms with Crippen LogP contribution in [0.2, 0.25) is 0 Å². The zero-order valence-electron chi connectivity index (χ0n) is 15.2. The summed E-state index contributed by atoms with van der Waals surface area (Å²) in [7, 11) is 0. The maximum atomic E-state index is 12.5. The molecule has 1 N–H and O–H groups in total. The molecule has 3 aromatic rings. The highest BCUT2D eigenvalue weighted by atomic mass is 32.2. The van der Waals surface area contributed by atoms with Gasteiger partial charge >= 0.3 is 0 Å². The molecule has 0 bridgehead atoms. The van der Waals surface area contributed by atoms with Gasteiger partial charge < -0.3 is 9.73 Å². The number of rotatable bonds is 5. The standard InChI is InChI=1S/C20H21N3O2S/c1-12-9-10-17(14(3)11-12)21-18(24)15(4)26-20-23-22-19(25-20)16-8-6-5-7-13(16)2/h5-11,15H,1-4H3,(H,21,24)/t15-/m0/s1. The number of carbonyl (C=O) groups excluding carboxylic acids is 1. The van der Waals surface area contributed by atoms with E-state index in [2.05, 4.69) is 15.5 Å². The molecule has 1 aromatic heterocycles. The van der Waals surface area contributed by atoms with Crippen LogP contribution >= 0.6 is 11.8 Å². The van der Waals surface area contributed by atoms with Crippen LogP contribution in [0.15, 0.2) is 52.1 Å². The van der Waals surface area contributed by atoms with Crippen molar-refractivity contribution in [2.24, 2.45) is 0 Å². The largest absolute Gasteiger partial charge is 0.411 e. The van der Waals surface area contributed by atoms with Crippen LogP contribution in [-0.4, -0.2) is 21.4 Å². The molecule has 1 amide bonds. The molecule has 0 aliphatic carbocycles. The van der Waals surface area contributed by atoms with E-state index in [0.717, 1.165) is 27.9 Å². The average molecular weight is 367 g/mol. The van der Waals surface area contributed by atoms with Crippen molar-refractivity contribution in [3.63, 3.8) is 0 Å². The number of anilines is 1. The Morgan fingerprint density at radius 1 is 1.08 bits per heavy atom. The van der Waals surface area contributed by atoms with Gasteiger partial charge in [-0.05, 0) is 51.0 Å². The van der Waals surface area contributed by atoms with Crippen LogP contribution in [0.1, 0.15) is 23.6 Å². The van der Waals surface area contributed by atoms with Crippen molar-refractivity contribution >= 4 is 23.4 Å². The lowest BCUT2D eigenvalue weighted by molar-refractivity contribution is -0.115. The molecule has 1 heterocycles. The van der Waals surface area contributed by atoms with Gasteiger partial charge in [-0.2, -0.15) is 0 Å². The van der Waals surface area contributed by atoms with Gasteiger partial charge in [0.25, 0.3) is 5.22 Å². The van der Waals surface area contributed by atoms with E-state index in [1.54, 1.807) is 0 Å². The summed E-state index contributed by atoms with van der Waals surface area (Å²) in [5.74, 6) is 0.366. The van der Waals surface area contributed by atoms with E-state index in [4.69, 9.17) is 4.42 Å². The highest BCUT2D eigenvalue weighted by Crippen LogP contribution is 2.28. The van der Waals surface area contributed by atoms with Crippen LogP contribution in [0.3, 0.4) is 0 Å². The molecule has 2 aromatic carbocycles. The zero-order chi connectivity index (χ0) is 18.7. The van der Waals surface area contributed by atoms with Crippen molar-refractivity contribution in [1.82, 2.24) is 10.2 Å². The normalized spacial score (nSPS) is 12.0. The summed E-state index contributed by atoms with van der Waals surface area (Å²) in [6.07, 6.45) is 0. The van der Waals surface area contributed by atoms with E-state index in [0.29, 0.717) is 11.1 Å². The molecule has 0 unspecified atom stereocenters. The maximum absolute atomic E-state index is 12.5. The van der Waals surface area contributed by atoms with E-state index in [1.165, 1.54) is 11.8 Å². The van der Waals surface area contributed by atoms with Gasteiger partial charge in [0.15, 0.2) is 0 Å². The third-order valence-electron chi connectivity index (χ3n) is 4.07. The molecule has 134 valence electrons. The Labute approximate surface area is 157 Å². The molecule has 0 spiro atoms. The second-order valence-corrected chi connectivity index (χ2v) is 7.55. The predicted molar refractivity (Wildman–Crippen MR) is 104 cm³/mol. The molecule has 0 aliphatic heterocycles. The number of hydrogen-bond donors (Lipinski definition) is 1. The SMILES string of the molecule is Cc1ccc(NC(=O)[C@H](C)Sc2nnc(-c3ccccc3C)o2)c(C)c1. The minimum Gasteiger partial charge on any atom is -0.411 e. The second-order valence-electron chi connectivity index (χ2n) is 6.26. The second kappa shape index (κ2) is 7.74. The van der Waals surface area contributed by atoms with Crippen LogP contribution in [0.5, 0.6) is 0 Å². The number of amides is 1. The molecule has 0 fully saturated rings. The lowest BCUT2D eigenvalue weighted by atomic mass is 10.1. The molecule has 5 nitrogen and oxygen atoms in total. The van der Waals surface area contributed by atoms with Crippen molar-refractivity contribution in [3.8, 4) is 11.5 Å². The van der Waals surface area contributed by atoms with Gasteiger partial charge in [-0.3, -0.25) is 4.79 Å². The molecule has 0 saturated carbocycles. The minimum atomic E-state index is -0.360. The highest BCUT2D eigenvalue weighted by Gasteiger charge is 2.19. The zero-order valence-corrected chi connectivity index (χ0v) is 16.1. The summed E-state index contributed by atoms with van der Waals surface area (Å²) in [5, 5.41) is 11.1. The first-order valence-electron chi connectivity index (χ1n) is 8.38. The van der Waals surface area contributed by atoms with E-state index >= 15 is 0 Å². The first kappa shape index (κ1) is 18.2. The Hall–Kier alpha value is -2.60. The number of nitrogens with one attached hydrogen (secondary N) is 1. The van der Waals surface area contributed by atoms with Gasteiger partial charge in [-0.15, -0.1) is 10.2 Å². The third kappa shape index (κ3) is 4.14. The predicted octanol–water partition coefficient (Wildman–Crippen LogP) is 4.78. The summed E-state index contributed by atoms with van der Waals surface area (Å²) in [4.78, 5) is 12.5. The fourth-order valence-corrected chi connectivity index (χ4v) is 3.26. The summed E-state index contributed by atoms with van der Waals surface area (Å²) in [6.45, 7) is 7.82. The van der Waals surface area contributed by atoms with Gasteiger partial charge in [-0.1, -0.05) is 47.7 Å². The van der Waals surface area contributed by atoms with E-state index < -0.39 is 0 Å². The highest BCUT2D eigenvalue weighted by molar-refractivity contribution is 8.00. The first-order chi connectivity index (χ1) is 12.4. The minimum absolute atomic E-state index is 0.0994. The number of hydrogen-bond acceptors (Lipinski definition) is 5. The topological polar surface area (TPSA) is 68.0 Å². The van der Waals surface area contributed by atoms with E-state index in [1.807, 2.05) is 70.2 Å². The molecule has 3 rings (SSSR count). The molecule has 0 saturated heterocycles. The van der Waals surface area contributed by atoms with Gasteiger partial charge in [-0.25, -0.2) is 0 Å². The van der Waals surface area contributed by atoms with Gasteiger partial charge in [0.1, 0.15) is 0 Å². The molecule has 0 aliphatic rings. The van der Waals surface area contributed by atoms with Crippen molar-refractivity contribution in [2.45, 2.75) is 38.2 Å². The summed E-state index contributed by atoms with van der Waals surface area (Å²) >= 11 is 1.25. The number of benzene rings is 2. The van der Waals surface area contributed by atoms with Crippen LogP contribution in [-0.2, 0) is 4.79 Å². The summed E-state index contributed by atoms with van der Waals surface area (Å²) in [5.41, 5.74) is 4.99. The van der Waals surface area contributed by atoms with Gasteiger partial charge in [0.05, 0.1) is 5.25 Å². The van der Waals surface area contributed by atoms with E-state index in [-0.39, 0.29) is 11.2 Å². The molecule has 26 heavy (non-hydrogen) atoms. The Morgan fingerprint density at radius 3 is 2.58 bits per heavy atom. The Bertz CT molecular complexity index is 936. The van der Waals surface area contributed by atoms with Crippen LogP contribution in [0.4, 0.5) is 5.69 Å². The van der Waals surface area contributed by atoms with Crippen LogP contribution < -0.4 is 5.32 Å². The van der Waals surface area contributed by atoms with Gasteiger partial charge in [0, 0.05) is 11.3 Å². The molecule has 6 heteroatoms. The van der Waals surface area contributed by atoms with Crippen LogP contribution in [0, 0.1) is 20.8 Å². The van der Waals surface area contributed by atoms with Crippen LogP contribution in [0.25, 0.3) is 11.5 Å². The summed E-state index contributed by atoms with van der Waals surface area (Å²) < 4.78 is 5.72. The lowest BCUT2D eigenvalue weighted by Gasteiger charge is -2.12. The number of aryl methyl sites for hydroxylation is 3. The van der Waals surface area contributed by atoms with Crippen molar-refractivity contribution in [2.75, 3.05) is 5.32 Å². The molecule has 1 atom stereocenters. The number of thioether (sulfide) groups is 1. The smallest absolute Gasteiger partial charge is 0.277 e. The molecular weight excluding hydrogens is 346 g/mol. The van der Waals surface area contributed by atoms with Crippen molar-refractivity contribution < 1.29 is 9.21 Å². The first-order valence-corrected chi connectivity index (χ1v) is 9.26. The van der Waals surface area contributed by atoms with Crippen molar-refractivity contribution in [1.29, 1.82) is 0 Å². The maximum Gasteiger partial charge on any atom is 0.277 e. The fraction of sp³-hybridized carbons (Fsp3) is 0.250. The number of carbonyl (C=O) groups is 1. The fourth-order valence-electron chi connectivity index (χ4n) is 2.57. The third-order valence-corrected chi connectivity index (χ3v) is 5.00.